The molecule has 1 aliphatic rings. The number of benzene rings is 2. The highest BCUT2D eigenvalue weighted by Gasteiger charge is 2.29. The number of nitrogens with zero attached hydrogens (tertiary/aromatic N) is 4. The molecule has 0 atom stereocenters. The van der Waals surface area contributed by atoms with Crippen molar-refractivity contribution in [3.63, 3.8) is 0 Å². The van der Waals surface area contributed by atoms with Crippen LogP contribution in [0.1, 0.15) is 58.1 Å². The fraction of sp³-hybridized carbons (Fsp3) is 0.429. The molecular formula is C35H44N4O4. The van der Waals surface area contributed by atoms with Gasteiger partial charge < -0.3 is 18.9 Å². The highest BCUT2D eigenvalue weighted by Crippen LogP contribution is 2.27. The van der Waals surface area contributed by atoms with Gasteiger partial charge in [-0.1, -0.05) is 43.3 Å². The second-order valence-electron chi connectivity index (χ2n) is 12.5. The summed E-state index contributed by atoms with van der Waals surface area (Å²) in [6.45, 7) is 11.6. The van der Waals surface area contributed by atoms with Crippen LogP contribution in [0.2, 0.25) is 0 Å². The van der Waals surface area contributed by atoms with Crippen molar-refractivity contribution >= 4 is 17.0 Å². The quantitative estimate of drug-likeness (QED) is 0.224. The normalized spacial score (nSPS) is 14.4. The first-order chi connectivity index (χ1) is 20.6. The number of pyridine rings is 1. The van der Waals surface area contributed by atoms with Crippen LogP contribution in [0.4, 0.5) is 4.79 Å². The lowest BCUT2D eigenvalue weighted by atomic mass is 10.0. The Labute approximate surface area is 254 Å². The summed E-state index contributed by atoms with van der Waals surface area (Å²) in [4.78, 5) is 30.0. The van der Waals surface area contributed by atoms with Crippen LogP contribution in [0.3, 0.4) is 0 Å². The molecule has 0 saturated carbocycles. The van der Waals surface area contributed by atoms with Gasteiger partial charge in [-0.3, -0.25) is 14.3 Å². The minimum atomic E-state index is -0.482. The average Bonchev–Trinajstić information content (AvgIpc) is 3.29. The number of amides is 1. The van der Waals surface area contributed by atoms with Gasteiger partial charge in [-0.2, -0.15) is 0 Å². The molecule has 2 aromatic carbocycles. The van der Waals surface area contributed by atoms with Gasteiger partial charge in [-0.05, 0) is 75.9 Å². The molecule has 1 fully saturated rings. The van der Waals surface area contributed by atoms with E-state index >= 15 is 0 Å². The molecule has 0 unspecified atom stereocenters. The number of hydrogen-bond donors (Lipinski definition) is 0. The summed E-state index contributed by atoms with van der Waals surface area (Å²) >= 11 is 0. The van der Waals surface area contributed by atoms with Crippen molar-refractivity contribution < 1.29 is 14.3 Å². The van der Waals surface area contributed by atoms with Crippen LogP contribution in [0, 0.1) is 0 Å². The van der Waals surface area contributed by atoms with Crippen molar-refractivity contribution in [2.24, 2.45) is 7.05 Å². The second-order valence-corrected chi connectivity index (χ2v) is 12.5. The van der Waals surface area contributed by atoms with Gasteiger partial charge in [0.25, 0.3) is 5.56 Å². The van der Waals surface area contributed by atoms with Crippen molar-refractivity contribution in [2.75, 3.05) is 19.6 Å². The molecule has 4 aromatic rings. The van der Waals surface area contributed by atoms with E-state index in [2.05, 4.69) is 41.8 Å². The third kappa shape index (κ3) is 7.49. The van der Waals surface area contributed by atoms with E-state index in [1.165, 1.54) is 10.9 Å². The summed E-state index contributed by atoms with van der Waals surface area (Å²) < 4.78 is 15.2. The second kappa shape index (κ2) is 13.1. The van der Waals surface area contributed by atoms with Crippen LogP contribution in [0.5, 0.6) is 5.75 Å². The molecule has 228 valence electrons. The van der Waals surface area contributed by atoms with Crippen LogP contribution in [0.15, 0.2) is 77.9 Å². The Hall–Kier alpha value is -4.04. The predicted molar refractivity (Wildman–Crippen MR) is 171 cm³/mol. The maximum atomic E-state index is 13.0. The summed E-state index contributed by atoms with van der Waals surface area (Å²) in [5.41, 5.74) is 3.61. The highest BCUT2D eigenvalue weighted by molar-refractivity contribution is 5.85. The standard InChI is InChI=1S/C35H44N4O4/c1-6-17-38(28-14-18-37(19-15-28)34(41)43-35(2,3)4)24-27-23-36(5)32-21-29(12-13-31(27)32)39-20-16-30(22-33(39)40)42-25-26-10-8-7-9-11-26/h7-13,16,20-23,28H,6,14-15,17-19,24-25H2,1-5H3. The van der Waals surface area contributed by atoms with Crippen LogP contribution in [-0.2, 0) is 24.9 Å². The first kappa shape index (κ1) is 30.4. The third-order valence-corrected chi connectivity index (χ3v) is 7.99. The molecule has 2 aromatic heterocycles. The Morgan fingerprint density at radius 2 is 1.77 bits per heavy atom. The highest BCUT2D eigenvalue weighted by atomic mass is 16.6. The van der Waals surface area contributed by atoms with Gasteiger partial charge in [0.05, 0.1) is 11.2 Å². The first-order valence-electron chi connectivity index (χ1n) is 15.3. The molecule has 1 aliphatic heterocycles. The number of hydrogen-bond acceptors (Lipinski definition) is 5. The Bertz CT molecular complexity index is 1590. The maximum Gasteiger partial charge on any atom is 0.410 e. The Morgan fingerprint density at radius 3 is 2.44 bits per heavy atom. The number of aromatic nitrogens is 2. The zero-order valence-electron chi connectivity index (χ0n) is 26.1. The summed E-state index contributed by atoms with van der Waals surface area (Å²) in [6, 6.07) is 19.9. The molecule has 5 rings (SSSR count). The van der Waals surface area contributed by atoms with Gasteiger partial charge in [0.1, 0.15) is 18.0 Å². The van der Waals surface area contributed by atoms with Crippen molar-refractivity contribution in [1.29, 1.82) is 0 Å². The molecule has 43 heavy (non-hydrogen) atoms. The number of carbonyl (C=O) groups is 1. The van der Waals surface area contributed by atoms with E-state index in [9.17, 15) is 9.59 Å². The summed E-state index contributed by atoms with van der Waals surface area (Å²) in [5.74, 6) is 0.556. The van der Waals surface area contributed by atoms with E-state index in [-0.39, 0.29) is 11.7 Å². The fourth-order valence-electron chi connectivity index (χ4n) is 5.87. The van der Waals surface area contributed by atoms with E-state index in [0.717, 1.165) is 49.1 Å². The van der Waals surface area contributed by atoms with Crippen LogP contribution in [-0.4, -0.2) is 56.3 Å². The van der Waals surface area contributed by atoms with Gasteiger partial charge in [0, 0.05) is 56.6 Å². The Balaban J connectivity index is 1.28. The lowest BCUT2D eigenvalue weighted by Gasteiger charge is -2.38. The number of rotatable bonds is 9. The fourth-order valence-corrected chi connectivity index (χ4v) is 5.87. The van der Waals surface area contributed by atoms with E-state index in [4.69, 9.17) is 9.47 Å². The molecule has 1 saturated heterocycles. The largest absolute Gasteiger partial charge is 0.489 e. The number of carbonyl (C=O) groups excluding carboxylic acids is 1. The lowest BCUT2D eigenvalue weighted by molar-refractivity contribution is 0.0137. The molecule has 0 aliphatic carbocycles. The number of likely N-dealkylation sites (tertiary alicyclic amines) is 1. The molecule has 0 spiro atoms. The molecular weight excluding hydrogens is 540 g/mol. The molecule has 1 amide bonds. The zero-order valence-corrected chi connectivity index (χ0v) is 26.1. The molecule has 8 heteroatoms. The van der Waals surface area contributed by atoms with Gasteiger partial charge >= 0.3 is 6.09 Å². The number of ether oxygens (including phenoxy) is 2. The summed E-state index contributed by atoms with van der Waals surface area (Å²) in [5, 5.41) is 1.19. The molecule has 3 heterocycles. The SMILES string of the molecule is CCCN(Cc1cn(C)c2cc(-n3ccc(OCc4ccccc4)cc3=O)ccc12)C1CCN(C(=O)OC(C)(C)C)CC1. The van der Waals surface area contributed by atoms with Crippen molar-refractivity contribution in [3.8, 4) is 11.4 Å². The monoisotopic (exact) mass is 584 g/mol. The third-order valence-electron chi connectivity index (χ3n) is 7.99. The molecule has 0 bridgehead atoms. The van der Waals surface area contributed by atoms with Crippen LogP contribution in [0.25, 0.3) is 16.6 Å². The van der Waals surface area contributed by atoms with E-state index < -0.39 is 5.60 Å². The van der Waals surface area contributed by atoms with Gasteiger partial charge in [0.15, 0.2) is 0 Å². The van der Waals surface area contributed by atoms with Crippen molar-refractivity contribution in [2.45, 2.75) is 71.8 Å². The van der Waals surface area contributed by atoms with E-state index in [1.807, 2.05) is 68.1 Å². The van der Waals surface area contributed by atoms with Crippen molar-refractivity contribution in [3.05, 3.63) is 94.5 Å². The summed E-state index contributed by atoms with van der Waals surface area (Å²) in [6.07, 6.45) is 6.70. The average molecular weight is 585 g/mol. The zero-order chi connectivity index (χ0) is 30.6. The molecule has 8 nitrogen and oxygen atoms in total. The van der Waals surface area contributed by atoms with Gasteiger partial charge in [-0.15, -0.1) is 0 Å². The van der Waals surface area contributed by atoms with Crippen molar-refractivity contribution in [1.82, 2.24) is 18.9 Å². The van der Waals surface area contributed by atoms with Crippen LogP contribution >= 0.6 is 0 Å². The topological polar surface area (TPSA) is 68.9 Å². The van der Waals surface area contributed by atoms with Gasteiger partial charge in [-0.25, -0.2) is 4.79 Å². The van der Waals surface area contributed by atoms with E-state index in [0.29, 0.717) is 31.5 Å². The molecule has 0 N–H and O–H groups in total. The summed E-state index contributed by atoms with van der Waals surface area (Å²) in [7, 11) is 2.06. The Morgan fingerprint density at radius 1 is 1.02 bits per heavy atom. The maximum absolute atomic E-state index is 13.0. The van der Waals surface area contributed by atoms with E-state index in [1.54, 1.807) is 16.8 Å². The predicted octanol–water partition coefficient (Wildman–Crippen LogP) is 6.52. The lowest BCUT2D eigenvalue weighted by Crippen LogP contribution is -2.48. The minimum Gasteiger partial charge on any atom is -0.489 e. The number of aryl methyl sites for hydroxylation is 1. The first-order valence-corrected chi connectivity index (χ1v) is 15.3. The van der Waals surface area contributed by atoms with Gasteiger partial charge in [0.2, 0.25) is 0 Å². The minimum absolute atomic E-state index is 0.133. The van der Waals surface area contributed by atoms with Crippen LogP contribution < -0.4 is 10.3 Å². The Kier molecular flexibility index (Phi) is 9.25. The molecule has 0 radical (unpaired) electrons. The number of piperidine rings is 1. The number of fused-ring (bicyclic) bond motifs is 1. The smallest absolute Gasteiger partial charge is 0.410 e.